The first-order chi connectivity index (χ1) is 18.0. The van der Waals surface area contributed by atoms with Gasteiger partial charge in [-0.05, 0) is 43.4 Å². The van der Waals surface area contributed by atoms with Gasteiger partial charge in [-0.2, -0.15) is 0 Å². The maximum absolute atomic E-state index is 13.7. The van der Waals surface area contributed by atoms with Crippen molar-refractivity contribution >= 4 is 29.6 Å². The number of likely N-dealkylation sites (N-methyl/N-ethyl adjacent to an activating group) is 1. The summed E-state index contributed by atoms with van der Waals surface area (Å²) in [6.45, 7) is 4.58. The number of likely N-dealkylation sites (tertiary alicyclic amines) is 1. The molecule has 14 heteroatoms. The Morgan fingerprint density at radius 1 is 1.03 bits per heavy atom. The summed E-state index contributed by atoms with van der Waals surface area (Å²) < 4.78 is 56.5. The lowest BCUT2D eigenvalue weighted by Crippen LogP contribution is -2.60. The molecule has 2 aliphatic rings. The average Bonchev–Trinajstić information content (AvgIpc) is 3.42. The number of nitrogens with one attached hydrogen (secondary N) is 3. The highest BCUT2D eigenvalue weighted by atomic mass is 19.3. The zero-order valence-electron chi connectivity index (χ0n) is 22.8. The number of alkyl halides is 4. The van der Waals surface area contributed by atoms with Crippen LogP contribution in [0.1, 0.15) is 59.8 Å². The van der Waals surface area contributed by atoms with E-state index in [2.05, 4.69) is 20.7 Å². The number of alkyl carbamates (subject to hydrolysis) is 1. The first-order valence-corrected chi connectivity index (χ1v) is 12.9. The first-order valence-electron chi connectivity index (χ1n) is 12.9. The van der Waals surface area contributed by atoms with Crippen molar-refractivity contribution in [3.63, 3.8) is 0 Å². The smallest absolute Gasteiger partial charge is 0.408 e. The normalized spacial score (nSPS) is 22.6. The maximum atomic E-state index is 13.7. The van der Waals surface area contributed by atoms with Crippen LogP contribution in [-0.2, 0) is 23.9 Å². The van der Waals surface area contributed by atoms with Gasteiger partial charge in [-0.15, -0.1) is 0 Å². The van der Waals surface area contributed by atoms with Gasteiger partial charge in [-0.3, -0.25) is 19.2 Å². The third kappa shape index (κ3) is 8.79. The van der Waals surface area contributed by atoms with Gasteiger partial charge < -0.3 is 25.6 Å². The topological polar surface area (TPSA) is 134 Å². The van der Waals surface area contributed by atoms with Gasteiger partial charge in [0.2, 0.25) is 23.5 Å². The van der Waals surface area contributed by atoms with E-state index < -0.39 is 84.9 Å². The Balaban J connectivity index is 2.32. The number of ether oxygens (including phenoxy) is 1. The van der Waals surface area contributed by atoms with E-state index in [0.29, 0.717) is 13.3 Å². The fourth-order valence-corrected chi connectivity index (χ4v) is 5.19. The molecule has 1 aliphatic carbocycles. The predicted molar refractivity (Wildman–Crippen MR) is 131 cm³/mol. The molecule has 222 valence electrons. The molecule has 1 saturated carbocycles. The monoisotopic (exact) mass is 566 g/mol. The number of hydrogen-bond donors (Lipinski definition) is 3. The third-order valence-corrected chi connectivity index (χ3v) is 7.11. The summed E-state index contributed by atoms with van der Waals surface area (Å²) in [4.78, 5) is 65.3. The molecule has 3 N–H and O–H groups in total. The summed E-state index contributed by atoms with van der Waals surface area (Å²) in [5.74, 6) is -7.06. The van der Waals surface area contributed by atoms with Crippen molar-refractivity contribution < 1.29 is 46.3 Å². The van der Waals surface area contributed by atoms with E-state index in [1.165, 1.54) is 11.9 Å². The largest absolute Gasteiger partial charge is 0.443 e. The van der Waals surface area contributed by atoms with E-state index in [1.54, 1.807) is 20.8 Å². The molecular weight excluding hydrogens is 528 g/mol. The number of carbonyl (C=O) groups excluding carboxylic acids is 5. The molecule has 0 spiro atoms. The van der Waals surface area contributed by atoms with Crippen LogP contribution in [0.4, 0.5) is 22.4 Å². The number of ketones is 1. The number of halogens is 4. The number of rotatable bonds is 11. The van der Waals surface area contributed by atoms with Crippen LogP contribution in [0.15, 0.2) is 0 Å². The summed E-state index contributed by atoms with van der Waals surface area (Å²) in [5.41, 5.74) is -0.913. The Hall–Kier alpha value is -2.93. The Morgan fingerprint density at radius 2 is 1.67 bits per heavy atom. The highest BCUT2D eigenvalue weighted by molar-refractivity contribution is 6.38. The minimum Gasteiger partial charge on any atom is -0.443 e. The molecule has 1 saturated heterocycles. The van der Waals surface area contributed by atoms with Crippen molar-refractivity contribution in [1.82, 2.24) is 20.9 Å². The van der Waals surface area contributed by atoms with Crippen molar-refractivity contribution in [3.05, 3.63) is 0 Å². The summed E-state index contributed by atoms with van der Waals surface area (Å²) in [7, 11) is 1.19. The van der Waals surface area contributed by atoms with Crippen molar-refractivity contribution in [2.45, 2.75) is 90.3 Å². The second kappa shape index (κ2) is 12.9. The SMILES string of the molecule is CNC(=O)C(=O)[C@H](CCC(C)(F)F)NC(=O)[C@@H]1[C@H]2CCC[C@H]2CN1C(=O)[C@@H](NC(=O)OCC(F)F)C(C)(C)C. The molecule has 0 unspecified atom stereocenters. The molecule has 39 heavy (non-hydrogen) atoms. The molecule has 1 aliphatic heterocycles. The van der Waals surface area contributed by atoms with Crippen molar-refractivity contribution in [1.29, 1.82) is 0 Å². The van der Waals surface area contributed by atoms with Gasteiger partial charge in [-0.1, -0.05) is 27.2 Å². The van der Waals surface area contributed by atoms with Crippen LogP contribution in [0.3, 0.4) is 0 Å². The van der Waals surface area contributed by atoms with E-state index in [0.717, 1.165) is 12.8 Å². The van der Waals surface area contributed by atoms with E-state index in [-0.39, 0.29) is 18.4 Å². The number of carbonyl (C=O) groups is 5. The van der Waals surface area contributed by atoms with E-state index in [9.17, 15) is 41.5 Å². The average molecular weight is 567 g/mol. The quantitative estimate of drug-likeness (QED) is 0.260. The standard InChI is InChI=1S/C25H38F4N4O6/c1-24(2,3)19(32-23(38)39-12-16(26)27)22(37)33-11-13-7-6-8-14(13)17(33)20(35)31-15(9-10-25(4,28)29)18(34)21(36)30-5/h13-17,19H,6-12H2,1-5H3,(H,30,36)(H,31,35)(H,32,38)/t13-,14-,15-,17-,19+/m0/s1. The third-order valence-electron chi connectivity index (χ3n) is 7.11. The van der Waals surface area contributed by atoms with Crippen LogP contribution >= 0.6 is 0 Å². The summed E-state index contributed by atoms with van der Waals surface area (Å²) in [6.07, 6.45) is -3.27. The number of Topliss-reactive ketones (excluding diaryl/α,β-unsaturated/α-hetero) is 1. The van der Waals surface area contributed by atoms with Crippen LogP contribution in [-0.4, -0.2) is 85.2 Å². The zero-order valence-corrected chi connectivity index (χ0v) is 22.8. The molecule has 0 aromatic carbocycles. The van der Waals surface area contributed by atoms with Gasteiger partial charge in [-0.25, -0.2) is 22.4 Å². The molecule has 1 heterocycles. The number of hydrogen-bond acceptors (Lipinski definition) is 6. The predicted octanol–water partition coefficient (Wildman–Crippen LogP) is 2.25. The number of fused-ring (bicyclic) bond motifs is 1. The molecule has 0 aromatic rings. The lowest BCUT2D eigenvalue weighted by molar-refractivity contribution is -0.144. The van der Waals surface area contributed by atoms with Crippen molar-refractivity contribution in [2.75, 3.05) is 20.2 Å². The van der Waals surface area contributed by atoms with Gasteiger partial charge in [0.1, 0.15) is 12.1 Å². The summed E-state index contributed by atoms with van der Waals surface area (Å²) in [5, 5.41) is 6.87. The van der Waals surface area contributed by atoms with E-state index >= 15 is 0 Å². The number of amides is 4. The minimum atomic E-state index is -3.15. The second-order valence-corrected chi connectivity index (χ2v) is 11.3. The minimum absolute atomic E-state index is 0.0517. The Labute approximate surface area is 224 Å². The Morgan fingerprint density at radius 3 is 2.21 bits per heavy atom. The summed E-state index contributed by atoms with van der Waals surface area (Å²) in [6, 6.07) is -3.88. The Bertz CT molecular complexity index is 937. The number of nitrogens with zero attached hydrogens (tertiary/aromatic N) is 1. The van der Waals surface area contributed by atoms with E-state index in [1.807, 2.05) is 0 Å². The lowest BCUT2D eigenvalue weighted by Gasteiger charge is -2.36. The van der Waals surface area contributed by atoms with Crippen LogP contribution in [0.5, 0.6) is 0 Å². The molecular formula is C25H38F4N4O6. The van der Waals surface area contributed by atoms with Crippen molar-refractivity contribution in [2.24, 2.45) is 17.3 Å². The lowest BCUT2D eigenvalue weighted by atomic mass is 9.85. The van der Waals surface area contributed by atoms with Crippen LogP contribution in [0.2, 0.25) is 0 Å². The molecule has 0 aromatic heterocycles. The fourth-order valence-electron chi connectivity index (χ4n) is 5.19. The first kappa shape index (κ1) is 32.3. The molecule has 2 fully saturated rings. The molecule has 5 atom stereocenters. The van der Waals surface area contributed by atoms with E-state index in [4.69, 9.17) is 0 Å². The molecule has 0 radical (unpaired) electrons. The maximum Gasteiger partial charge on any atom is 0.408 e. The molecule has 2 rings (SSSR count). The molecule has 0 bridgehead atoms. The molecule has 4 amide bonds. The van der Waals surface area contributed by atoms with Crippen LogP contribution in [0.25, 0.3) is 0 Å². The Kier molecular flexibility index (Phi) is 10.7. The van der Waals surface area contributed by atoms with Crippen LogP contribution < -0.4 is 16.0 Å². The van der Waals surface area contributed by atoms with Gasteiger partial charge in [0, 0.05) is 20.0 Å². The highest BCUT2D eigenvalue weighted by Gasteiger charge is 2.52. The van der Waals surface area contributed by atoms with Crippen molar-refractivity contribution in [3.8, 4) is 0 Å². The zero-order chi connectivity index (χ0) is 29.7. The van der Waals surface area contributed by atoms with Crippen LogP contribution in [0, 0.1) is 17.3 Å². The second-order valence-electron chi connectivity index (χ2n) is 11.3. The highest BCUT2D eigenvalue weighted by Crippen LogP contribution is 2.43. The molecule has 10 nitrogen and oxygen atoms in total. The van der Waals surface area contributed by atoms with Gasteiger partial charge in [0.25, 0.3) is 12.3 Å². The van der Waals surface area contributed by atoms with Gasteiger partial charge >= 0.3 is 6.09 Å². The van der Waals surface area contributed by atoms with Gasteiger partial charge in [0.15, 0.2) is 6.61 Å². The summed E-state index contributed by atoms with van der Waals surface area (Å²) >= 11 is 0. The fraction of sp³-hybridized carbons (Fsp3) is 0.800. The van der Waals surface area contributed by atoms with Gasteiger partial charge in [0.05, 0.1) is 6.04 Å².